The molecule has 0 aromatic carbocycles. The molecule has 2 nitrogen and oxygen atoms in total. The van der Waals surface area contributed by atoms with Crippen LogP contribution in [-0.2, 0) is 11.1 Å². The van der Waals surface area contributed by atoms with Crippen molar-refractivity contribution >= 4 is 32.7 Å². The van der Waals surface area contributed by atoms with Gasteiger partial charge >= 0.3 is 29.6 Å². The van der Waals surface area contributed by atoms with E-state index in [1.165, 1.54) is 18.6 Å². The van der Waals surface area contributed by atoms with Crippen molar-refractivity contribution in [1.82, 2.24) is 0 Å². The van der Waals surface area contributed by atoms with Crippen LogP contribution in [0.1, 0.15) is 39.0 Å². The Morgan fingerprint density at radius 2 is 1.67 bits per heavy atom. The van der Waals surface area contributed by atoms with Gasteiger partial charge in [0.15, 0.2) is 0 Å². The first-order valence-electron chi connectivity index (χ1n) is 5.07. The minimum atomic E-state index is -1.84. The molecule has 0 heterocycles. The van der Waals surface area contributed by atoms with E-state index in [-0.39, 0.29) is 29.6 Å². The van der Waals surface area contributed by atoms with Gasteiger partial charge in [-0.1, -0.05) is 52.4 Å². The van der Waals surface area contributed by atoms with E-state index >= 15 is 0 Å². The summed E-state index contributed by atoms with van der Waals surface area (Å²) in [5, 5.41) is 0. The molecule has 0 aromatic heterocycles. The fraction of sp³-hybridized carbons (Fsp3) is 1.00. The average Bonchev–Trinajstić information content (AvgIpc) is 2.15. The maximum absolute atomic E-state index is 10.2. The Morgan fingerprint density at radius 1 is 1.07 bits per heavy atom. The van der Waals surface area contributed by atoms with Gasteiger partial charge in [-0.2, -0.15) is 0 Å². The van der Waals surface area contributed by atoms with Gasteiger partial charge < -0.3 is 4.55 Å². The molecule has 0 N–H and O–H groups in total. The van der Waals surface area contributed by atoms with Crippen molar-refractivity contribution in [3.8, 4) is 0 Å². The van der Waals surface area contributed by atoms with Crippen LogP contribution >= 0.6 is 21.6 Å². The van der Waals surface area contributed by atoms with Crippen molar-refractivity contribution < 1.29 is 38.3 Å². The van der Waals surface area contributed by atoms with Crippen LogP contribution in [0.4, 0.5) is 0 Å². The van der Waals surface area contributed by atoms with Gasteiger partial charge in [0, 0.05) is 17.3 Å². The molecule has 86 valence electrons. The van der Waals surface area contributed by atoms with E-state index in [9.17, 15) is 8.76 Å². The zero-order valence-corrected chi connectivity index (χ0v) is 14.1. The van der Waals surface area contributed by atoms with Gasteiger partial charge in [-0.25, -0.2) is 0 Å². The van der Waals surface area contributed by atoms with E-state index in [4.69, 9.17) is 0 Å². The molecule has 6 heteroatoms. The minimum absolute atomic E-state index is 0. The van der Waals surface area contributed by atoms with Gasteiger partial charge in [-0.15, -0.1) is 0 Å². The van der Waals surface area contributed by atoms with Crippen LogP contribution in [0.3, 0.4) is 0 Å². The van der Waals surface area contributed by atoms with Crippen molar-refractivity contribution in [2.24, 2.45) is 0 Å². The molecule has 1 atom stereocenters. The second-order valence-electron chi connectivity index (χ2n) is 3.07. The molecular weight excluding hydrogens is 259 g/mol. The Hall–Kier alpha value is 1.81. The van der Waals surface area contributed by atoms with Crippen LogP contribution in [0.25, 0.3) is 0 Å². The smallest absolute Gasteiger partial charge is 0.772 e. The topological polar surface area (TPSA) is 40.1 Å². The molecule has 0 saturated carbocycles. The number of hydrogen-bond donors (Lipinski definition) is 0. The van der Waals surface area contributed by atoms with Crippen molar-refractivity contribution in [1.29, 1.82) is 0 Å². The zero-order valence-electron chi connectivity index (χ0n) is 9.70. The maximum atomic E-state index is 10.2. The third-order valence-corrected chi connectivity index (χ3v) is 4.90. The van der Waals surface area contributed by atoms with Crippen LogP contribution in [0.2, 0.25) is 0 Å². The van der Waals surface area contributed by atoms with Crippen LogP contribution < -0.4 is 29.6 Å². The maximum Gasteiger partial charge on any atom is 1.00 e. The molecule has 0 radical (unpaired) electrons. The van der Waals surface area contributed by atoms with E-state index < -0.39 is 11.1 Å². The van der Waals surface area contributed by atoms with Crippen LogP contribution in [0.5, 0.6) is 0 Å². The Balaban J connectivity index is 0. The molecule has 0 bridgehead atoms. The zero-order chi connectivity index (χ0) is 10.6. The summed E-state index contributed by atoms with van der Waals surface area (Å²) in [7, 11) is 3.85. The molecular formula is C9H19NaO2S3. The minimum Gasteiger partial charge on any atom is -0.772 e. The molecule has 0 saturated heterocycles. The molecule has 0 aromatic rings. The quantitative estimate of drug-likeness (QED) is 0.248. The Labute approximate surface area is 126 Å². The molecule has 0 fully saturated rings. The number of hydrogen-bond acceptors (Lipinski definition) is 4. The molecule has 0 aliphatic rings. The summed E-state index contributed by atoms with van der Waals surface area (Å²) in [5.41, 5.74) is 0. The SMILES string of the molecule is CCCCSSCCCCCS(=O)[O-].[Na+]. The Kier molecular flexibility index (Phi) is 20.2. The Morgan fingerprint density at radius 3 is 2.20 bits per heavy atom. The summed E-state index contributed by atoms with van der Waals surface area (Å²) in [5.74, 6) is 2.72. The summed E-state index contributed by atoms with van der Waals surface area (Å²) in [4.78, 5) is 0. The van der Waals surface area contributed by atoms with Gasteiger partial charge in [0.05, 0.1) is 0 Å². The van der Waals surface area contributed by atoms with Gasteiger partial charge in [0.1, 0.15) is 0 Å². The first-order chi connectivity index (χ1) is 6.77. The number of rotatable bonds is 10. The molecule has 0 aliphatic carbocycles. The van der Waals surface area contributed by atoms with E-state index in [1.807, 2.05) is 21.6 Å². The van der Waals surface area contributed by atoms with Gasteiger partial charge in [0.2, 0.25) is 0 Å². The standard InChI is InChI=1S/C9H20O2S3.Na/c1-2-3-7-12-13-8-5-4-6-9-14(10)11;/h2-9H2,1H3,(H,10,11);/q;+1/p-1. The summed E-state index contributed by atoms with van der Waals surface area (Å²) in [6.07, 6.45) is 5.56. The van der Waals surface area contributed by atoms with Crippen LogP contribution in [-0.4, -0.2) is 26.0 Å². The van der Waals surface area contributed by atoms with Crippen molar-refractivity contribution in [3.63, 3.8) is 0 Å². The molecule has 0 spiro atoms. The molecule has 0 aliphatic heterocycles. The van der Waals surface area contributed by atoms with Gasteiger partial charge in [0.25, 0.3) is 0 Å². The van der Waals surface area contributed by atoms with E-state index in [1.54, 1.807) is 0 Å². The molecule has 0 amide bonds. The third kappa shape index (κ3) is 18.4. The second kappa shape index (κ2) is 15.8. The Bertz CT molecular complexity index is 147. The average molecular weight is 278 g/mol. The second-order valence-corrected chi connectivity index (χ2v) is 6.78. The van der Waals surface area contributed by atoms with E-state index in [0.29, 0.717) is 5.75 Å². The van der Waals surface area contributed by atoms with Crippen LogP contribution in [0.15, 0.2) is 0 Å². The summed E-state index contributed by atoms with van der Waals surface area (Å²) < 4.78 is 20.4. The van der Waals surface area contributed by atoms with Crippen molar-refractivity contribution in [2.45, 2.75) is 39.0 Å². The van der Waals surface area contributed by atoms with E-state index in [2.05, 4.69) is 6.92 Å². The normalized spacial score (nSPS) is 12.1. The van der Waals surface area contributed by atoms with Gasteiger partial charge in [-0.3, -0.25) is 4.21 Å². The third-order valence-electron chi connectivity index (χ3n) is 1.70. The predicted molar refractivity (Wildman–Crippen MR) is 67.5 cm³/mol. The van der Waals surface area contributed by atoms with Gasteiger partial charge in [-0.05, 0) is 19.3 Å². The van der Waals surface area contributed by atoms with E-state index in [0.717, 1.165) is 25.0 Å². The summed E-state index contributed by atoms with van der Waals surface area (Å²) >= 11 is -1.84. The molecule has 15 heavy (non-hydrogen) atoms. The predicted octanol–water partition coefficient (Wildman–Crippen LogP) is 0.221. The van der Waals surface area contributed by atoms with Crippen molar-refractivity contribution in [3.05, 3.63) is 0 Å². The first-order valence-corrected chi connectivity index (χ1v) is 8.81. The van der Waals surface area contributed by atoms with Crippen molar-refractivity contribution in [2.75, 3.05) is 17.3 Å². The largest absolute Gasteiger partial charge is 1.00 e. The first kappa shape index (κ1) is 19.2. The monoisotopic (exact) mass is 278 g/mol. The summed E-state index contributed by atoms with van der Waals surface area (Å²) in [6, 6.07) is 0. The summed E-state index contributed by atoms with van der Waals surface area (Å²) in [6.45, 7) is 2.20. The molecule has 1 unspecified atom stereocenters. The fourth-order valence-corrected chi connectivity index (χ4v) is 3.70. The fourth-order valence-electron chi connectivity index (χ4n) is 0.879. The number of unbranched alkanes of at least 4 members (excludes halogenated alkanes) is 3. The van der Waals surface area contributed by atoms with Crippen LogP contribution in [0, 0.1) is 0 Å². The molecule has 0 rings (SSSR count).